The summed E-state index contributed by atoms with van der Waals surface area (Å²) in [5, 5.41) is 8.80. The Balaban J connectivity index is 2.31. The third-order valence-corrected chi connectivity index (χ3v) is 3.66. The van der Waals surface area contributed by atoms with Crippen molar-refractivity contribution in [1.29, 1.82) is 5.26 Å². The fraction of sp³-hybridized carbons (Fsp3) is 0.562. The van der Waals surface area contributed by atoms with Crippen LogP contribution < -0.4 is 9.64 Å². The van der Waals surface area contributed by atoms with Gasteiger partial charge in [0.15, 0.2) is 0 Å². The first-order chi connectivity index (χ1) is 9.15. The molecule has 3 heteroatoms. The summed E-state index contributed by atoms with van der Waals surface area (Å²) >= 11 is 0. The molecule has 1 aliphatic rings. The Morgan fingerprint density at radius 3 is 2.89 bits per heavy atom. The molecule has 1 aromatic rings. The molecule has 0 aliphatic carbocycles. The summed E-state index contributed by atoms with van der Waals surface area (Å²) in [6.07, 6.45) is 1.78. The predicted octanol–water partition coefficient (Wildman–Crippen LogP) is 3.70. The van der Waals surface area contributed by atoms with E-state index >= 15 is 0 Å². The van der Waals surface area contributed by atoms with Crippen LogP contribution in [0.4, 0.5) is 5.69 Å². The second-order valence-corrected chi connectivity index (χ2v) is 5.38. The van der Waals surface area contributed by atoms with E-state index in [0.717, 1.165) is 30.9 Å². The van der Waals surface area contributed by atoms with E-state index < -0.39 is 0 Å². The van der Waals surface area contributed by atoms with Gasteiger partial charge in [0.2, 0.25) is 0 Å². The average Bonchev–Trinajstić information content (AvgIpc) is 2.43. The number of nitriles is 1. The maximum absolute atomic E-state index is 8.80. The lowest BCUT2D eigenvalue weighted by Gasteiger charge is -2.36. The number of nitrogens with zero attached hydrogens (tertiary/aromatic N) is 2. The summed E-state index contributed by atoms with van der Waals surface area (Å²) in [5.74, 6) is 1.47. The Hall–Kier alpha value is -1.69. The standard InChI is InChI=1S/C16H22N2O/c1-4-14-11-18(9-5-8-17)15-10-13(12(2)3)6-7-16(15)19-14/h6-7,10,12,14H,4-5,9,11H2,1-3H3. The van der Waals surface area contributed by atoms with Crippen molar-refractivity contribution >= 4 is 5.69 Å². The van der Waals surface area contributed by atoms with Gasteiger partial charge in [-0.15, -0.1) is 0 Å². The van der Waals surface area contributed by atoms with Crippen molar-refractivity contribution in [1.82, 2.24) is 0 Å². The zero-order valence-corrected chi connectivity index (χ0v) is 12.0. The van der Waals surface area contributed by atoms with Gasteiger partial charge in [0.1, 0.15) is 11.9 Å². The summed E-state index contributed by atoms with van der Waals surface area (Å²) in [7, 11) is 0. The molecule has 1 heterocycles. The van der Waals surface area contributed by atoms with Crippen molar-refractivity contribution in [2.75, 3.05) is 18.0 Å². The van der Waals surface area contributed by atoms with Crippen LogP contribution in [0.15, 0.2) is 18.2 Å². The van der Waals surface area contributed by atoms with Crippen molar-refractivity contribution < 1.29 is 4.74 Å². The Morgan fingerprint density at radius 1 is 1.47 bits per heavy atom. The second-order valence-electron chi connectivity index (χ2n) is 5.38. The van der Waals surface area contributed by atoms with Crippen molar-refractivity contribution in [2.24, 2.45) is 0 Å². The number of hydrogen-bond acceptors (Lipinski definition) is 3. The fourth-order valence-electron chi connectivity index (χ4n) is 2.41. The van der Waals surface area contributed by atoms with E-state index in [1.807, 2.05) is 0 Å². The molecule has 0 N–H and O–H groups in total. The van der Waals surface area contributed by atoms with Gasteiger partial charge in [-0.2, -0.15) is 5.26 Å². The van der Waals surface area contributed by atoms with Crippen molar-refractivity contribution in [3.8, 4) is 11.8 Å². The van der Waals surface area contributed by atoms with E-state index in [9.17, 15) is 0 Å². The molecule has 102 valence electrons. The van der Waals surface area contributed by atoms with Gasteiger partial charge >= 0.3 is 0 Å². The van der Waals surface area contributed by atoms with Crippen LogP contribution in [-0.2, 0) is 0 Å². The minimum absolute atomic E-state index is 0.232. The van der Waals surface area contributed by atoms with Gasteiger partial charge in [-0.3, -0.25) is 0 Å². The Morgan fingerprint density at radius 2 is 2.26 bits per heavy atom. The number of benzene rings is 1. The first kappa shape index (κ1) is 13.7. The lowest BCUT2D eigenvalue weighted by Crippen LogP contribution is -2.40. The summed E-state index contributed by atoms with van der Waals surface area (Å²) in [6, 6.07) is 8.66. The first-order valence-electron chi connectivity index (χ1n) is 7.08. The number of hydrogen-bond donors (Lipinski definition) is 0. The van der Waals surface area contributed by atoms with Gasteiger partial charge in [-0.25, -0.2) is 0 Å². The fourth-order valence-corrected chi connectivity index (χ4v) is 2.41. The molecule has 0 radical (unpaired) electrons. The van der Waals surface area contributed by atoms with Crippen LogP contribution in [0.1, 0.15) is 45.1 Å². The highest BCUT2D eigenvalue weighted by Gasteiger charge is 2.24. The maximum Gasteiger partial charge on any atom is 0.143 e. The van der Waals surface area contributed by atoms with Crippen LogP contribution in [0.3, 0.4) is 0 Å². The zero-order valence-electron chi connectivity index (χ0n) is 12.0. The summed E-state index contributed by atoms with van der Waals surface area (Å²) in [4.78, 5) is 2.29. The molecule has 3 nitrogen and oxygen atoms in total. The molecule has 0 saturated heterocycles. The minimum Gasteiger partial charge on any atom is -0.486 e. The van der Waals surface area contributed by atoms with Crippen LogP contribution in [0.5, 0.6) is 5.75 Å². The Kier molecular flexibility index (Phi) is 4.31. The lowest BCUT2D eigenvalue weighted by atomic mass is 10.0. The van der Waals surface area contributed by atoms with Crippen LogP contribution >= 0.6 is 0 Å². The lowest BCUT2D eigenvalue weighted by molar-refractivity contribution is 0.189. The quantitative estimate of drug-likeness (QED) is 0.826. The normalized spacial score (nSPS) is 17.8. The largest absolute Gasteiger partial charge is 0.486 e. The van der Waals surface area contributed by atoms with Gasteiger partial charge in [0, 0.05) is 6.54 Å². The Bertz CT molecular complexity index is 476. The zero-order chi connectivity index (χ0) is 13.8. The molecule has 1 aromatic carbocycles. The molecular formula is C16H22N2O. The highest BCUT2D eigenvalue weighted by Crippen LogP contribution is 2.36. The average molecular weight is 258 g/mol. The first-order valence-corrected chi connectivity index (χ1v) is 7.08. The molecule has 2 rings (SSSR count). The third-order valence-electron chi connectivity index (χ3n) is 3.66. The summed E-state index contributed by atoms with van der Waals surface area (Å²) < 4.78 is 6.00. The topological polar surface area (TPSA) is 36.3 Å². The molecule has 19 heavy (non-hydrogen) atoms. The smallest absolute Gasteiger partial charge is 0.143 e. The van der Waals surface area contributed by atoms with Crippen LogP contribution in [0.25, 0.3) is 0 Å². The number of ether oxygens (including phenoxy) is 1. The number of fused-ring (bicyclic) bond motifs is 1. The van der Waals surface area contributed by atoms with Crippen molar-refractivity contribution in [3.63, 3.8) is 0 Å². The van der Waals surface area contributed by atoms with E-state index in [1.165, 1.54) is 5.56 Å². The van der Waals surface area contributed by atoms with Crippen LogP contribution in [0.2, 0.25) is 0 Å². The molecule has 0 spiro atoms. The van der Waals surface area contributed by atoms with E-state index in [0.29, 0.717) is 12.3 Å². The predicted molar refractivity (Wildman–Crippen MR) is 77.7 cm³/mol. The Labute approximate surface area is 115 Å². The molecule has 0 bridgehead atoms. The maximum atomic E-state index is 8.80. The third kappa shape index (κ3) is 3.01. The van der Waals surface area contributed by atoms with Gasteiger partial charge < -0.3 is 9.64 Å². The van der Waals surface area contributed by atoms with Crippen molar-refractivity contribution in [3.05, 3.63) is 23.8 Å². The summed E-state index contributed by atoms with van der Waals surface area (Å²) in [5.41, 5.74) is 2.46. The molecule has 0 aromatic heterocycles. The van der Waals surface area contributed by atoms with E-state index in [4.69, 9.17) is 10.00 Å². The van der Waals surface area contributed by atoms with Gasteiger partial charge in [-0.05, 0) is 30.0 Å². The molecule has 1 aliphatic heterocycles. The highest BCUT2D eigenvalue weighted by atomic mass is 16.5. The number of rotatable bonds is 4. The van der Waals surface area contributed by atoms with Gasteiger partial charge in [-0.1, -0.05) is 26.8 Å². The van der Waals surface area contributed by atoms with Crippen molar-refractivity contribution in [2.45, 2.75) is 45.6 Å². The van der Waals surface area contributed by atoms with E-state index in [1.54, 1.807) is 0 Å². The molecule has 1 unspecified atom stereocenters. The molecule has 0 amide bonds. The molecule has 0 fully saturated rings. The molecule has 0 saturated carbocycles. The summed E-state index contributed by atoms with van der Waals surface area (Å²) in [6.45, 7) is 8.19. The van der Waals surface area contributed by atoms with Crippen LogP contribution in [-0.4, -0.2) is 19.2 Å². The second kappa shape index (κ2) is 5.97. The molecular weight excluding hydrogens is 236 g/mol. The highest BCUT2D eigenvalue weighted by molar-refractivity contribution is 5.62. The number of anilines is 1. The van der Waals surface area contributed by atoms with Gasteiger partial charge in [0.05, 0.1) is 24.7 Å². The van der Waals surface area contributed by atoms with Crippen LogP contribution in [0, 0.1) is 11.3 Å². The molecule has 1 atom stereocenters. The minimum atomic E-state index is 0.232. The van der Waals surface area contributed by atoms with E-state index in [2.05, 4.69) is 49.9 Å². The SMILES string of the molecule is CCC1CN(CCC#N)c2cc(C(C)C)ccc2O1. The van der Waals surface area contributed by atoms with E-state index in [-0.39, 0.29) is 6.10 Å². The van der Waals surface area contributed by atoms with Gasteiger partial charge in [0.25, 0.3) is 0 Å². The monoisotopic (exact) mass is 258 g/mol.